The van der Waals surface area contributed by atoms with Gasteiger partial charge in [0.1, 0.15) is 0 Å². The van der Waals surface area contributed by atoms with Crippen LogP contribution in [0.4, 0.5) is 0 Å². The van der Waals surface area contributed by atoms with Crippen LogP contribution in [0.3, 0.4) is 0 Å². The van der Waals surface area contributed by atoms with E-state index in [1.54, 1.807) is 11.8 Å². The van der Waals surface area contributed by atoms with Gasteiger partial charge in [-0.25, -0.2) is 0 Å². The fraction of sp³-hybridized carbons (Fsp3) is 0.429. The first-order valence-electron chi connectivity index (χ1n) is 6.42. The molecule has 0 amide bonds. The minimum absolute atomic E-state index is 0.260. The Kier molecular flexibility index (Phi) is 4.99. The average Bonchev–Trinajstić information content (AvgIpc) is 2.94. The molecule has 1 aromatic carbocycles. The molecule has 0 spiro atoms. The zero-order chi connectivity index (χ0) is 13.7. The number of nitrogens with two attached hydrogens (primary N) is 1. The quantitative estimate of drug-likeness (QED) is 0.821. The highest BCUT2D eigenvalue weighted by Crippen LogP contribution is 2.24. The second-order valence-electron chi connectivity index (χ2n) is 4.52. The first-order chi connectivity index (χ1) is 9.24. The largest absolute Gasteiger partial charge is 0.339 e. The number of nitrogens with zero attached hydrogens (tertiary/aromatic N) is 2. The average molecular weight is 277 g/mol. The summed E-state index contributed by atoms with van der Waals surface area (Å²) < 4.78 is 5.33. The number of benzene rings is 1. The van der Waals surface area contributed by atoms with Crippen LogP contribution in [0, 0.1) is 0 Å². The number of hydrogen-bond donors (Lipinski definition) is 1. The van der Waals surface area contributed by atoms with E-state index in [4.69, 9.17) is 10.3 Å². The van der Waals surface area contributed by atoms with Gasteiger partial charge in [0, 0.05) is 16.4 Å². The third-order valence-corrected chi connectivity index (χ3v) is 3.80. The summed E-state index contributed by atoms with van der Waals surface area (Å²) in [5, 5.41) is 4.05. The Labute approximate surface area is 117 Å². The van der Waals surface area contributed by atoms with E-state index in [0.717, 1.165) is 18.4 Å². The predicted molar refractivity (Wildman–Crippen MR) is 78.2 cm³/mol. The molecule has 0 fully saturated rings. The molecule has 0 radical (unpaired) electrons. The molecule has 0 aliphatic carbocycles. The molecule has 1 atom stereocenters. The zero-order valence-corrected chi connectivity index (χ0v) is 12.1. The molecule has 4 nitrogen and oxygen atoms in total. The van der Waals surface area contributed by atoms with Crippen molar-refractivity contribution in [2.45, 2.75) is 30.6 Å². The van der Waals surface area contributed by atoms with Gasteiger partial charge in [-0.3, -0.25) is 0 Å². The minimum atomic E-state index is 0.260. The Hall–Kier alpha value is -1.33. The van der Waals surface area contributed by atoms with Crippen molar-refractivity contribution in [3.05, 3.63) is 30.2 Å². The van der Waals surface area contributed by atoms with Gasteiger partial charge in [0.15, 0.2) is 0 Å². The summed E-state index contributed by atoms with van der Waals surface area (Å²) in [5.41, 5.74) is 6.49. The molecule has 0 saturated heterocycles. The number of aromatic nitrogens is 2. The Morgan fingerprint density at radius 1 is 1.32 bits per heavy atom. The van der Waals surface area contributed by atoms with Gasteiger partial charge in [-0.15, -0.1) is 11.8 Å². The Balaban J connectivity index is 2.11. The van der Waals surface area contributed by atoms with Crippen LogP contribution in [0.5, 0.6) is 0 Å². The van der Waals surface area contributed by atoms with E-state index in [2.05, 4.69) is 35.5 Å². The normalized spacial score (nSPS) is 12.6. The third kappa shape index (κ3) is 3.58. The lowest BCUT2D eigenvalue weighted by Gasteiger charge is -2.03. The second-order valence-corrected chi connectivity index (χ2v) is 5.40. The molecule has 1 unspecified atom stereocenters. The molecule has 1 aromatic heterocycles. The smallest absolute Gasteiger partial charge is 0.229 e. The standard InChI is InChI=1S/C14H19N3OS/c1-10(4-3-9-15)14-16-13(17-18-14)11-5-7-12(19-2)8-6-11/h5-8,10H,3-4,9,15H2,1-2H3. The van der Waals surface area contributed by atoms with Gasteiger partial charge < -0.3 is 10.3 Å². The monoisotopic (exact) mass is 277 g/mol. The summed E-state index contributed by atoms with van der Waals surface area (Å²) in [7, 11) is 0. The first kappa shape index (κ1) is 14.1. The molecule has 5 heteroatoms. The predicted octanol–water partition coefficient (Wildman–Crippen LogP) is 3.30. The van der Waals surface area contributed by atoms with Gasteiger partial charge in [0.05, 0.1) is 0 Å². The van der Waals surface area contributed by atoms with Gasteiger partial charge >= 0.3 is 0 Å². The molecule has 2 rings (SSSR count). The topological polar surface area (TPSA) is 64.9 Å². The summed E-state index contributed by atoms with van der Waals surface area (Å²) in [6, 6.07) is 8.16. The summed E-state index contributed by atoms with van der Waals surface area (Å²) >= 11 is 1.72. The molecule has 2 aromatic rings. The van der Waals surface area contributed by atoms with Crippen molar-refractivity contribution in [2.24, 2.45) is 5.73 Å². The summed E-state index contributed by atoms with van der Waals surface area (Å²) in [5.74, 6) is 1.61. The molecule has 0 aliphatic heterocycles. The van der Waals surface area contributed by atoms with Crippen molar-refractivity contribution < 1.29 is 4.52 Å². The molecule has 1 heterocycles. The van der Waals surface area contributed by atoms with E-state index in [0.29, 0.717) is 18.3 Å². The van der Waals surface area contributed by atoms with Crippen molar-refractivity contribution in [3.8, 4) is 11.4 Å². The number of rotatable bonds is 6. The van der Waals surface area contributed by atoms with Crippen LogP contribution in [0.25, 0.3) is 11.4 Å². The molecule has 0 saturated carbocycles. The first-order valence-corrected chi connectivity index (χ1v) is 7.65. The fourth-order valence-electron chi connectivity index (χ4n) is 1.84. The van der Waals surface area contributed by atoms with Crippen LogP contribution in [-0.2, 0) is 0 Å². The lowest BCUT2D eigenvalue weighted by atomic mass is 10.1. The fourth-order valence-corrected chi connectivity index (χ4v) is 2.25. The third-order valence-electron chi connectivity index (χ3n) is 3.05. The Bertz CT molecular complexity index is 510. The van der Waals surface area contributed by atoms with Gasteiger partial charge in [0.25, 0.3) is 0 Å². The second kappa shape index (κ2) is 6.73. The van der Waals surface area contributed by atoms with Gasteiger partial charge in [-0.05, 0) is 49.9 Å². The maximum absolute atomic E-state index is 5.51. The van der Waals surface area contributed by atoms with Crippen LogP contribution >= 0.6 is 11.8 Å². The van der Waals surface area contributed by atoms with Crippen molar-refractivity contribution >= 4 is 11.8 Å². The van der Waals surface area contributed by atoms with E-state index in [9.17, 15) is 0 Å². The van der Waals surface area contributed by atoms with Crippen LogP contribution in [0.15, 0.2) is 33.7 Å². The van der Waals surface area contributed by atoms with Crippen LogP contribution in [0.1, 0.15) is 31.6 Å². The van der Waals surface area contributed by atoms with Crippen LogP contribution in [0.2, 0.25) is 0 Å². The van der Waals surface area contributed by atoms with Gasteiger partial charge in [0.2, 0.25) is 11.7 Å². The van der Waals surface area contributed by atoms with E-state index < -0.39 is 0 Å². The van der Waals surface area contributed by atoms with E-state index in [1.807, 2.05) is 12.1 Å². The maximum Gasteiger partial charge on any atom is 0.229 e. The summed E-state index contributed by atoms with van der Waals surface area (Å²) in [4.78, 5) is 5.69. The van der Waals surface area contributed by atoms with Gasteiger partial charge in [-0.2, -0.15) is 4.98 Å². The molecule has 2 N–H and O–H groups in total. The zero-order valence-electron chi connectivity index (χ0n) is 11.3. The van der Waals surface area contributed by atoms with Gasteiger partial charge in [-0.1, -0.05) is 12.1 Å². The summed E-state index contributed by atoms with van der Waals surface area (Å²) in [6.45, 7) is 2.78. The van der Waals surface area contributed by atoms with Crippen molar-refractivity contribution in [2.75, 3.05) is 12.8 Å². The Morgan fingerprint density at radius 3 is 2.68 bits per heavy atom. The molecule has 0 aliphatic rings. The van der Waals surface area contributed by atoms with Crippen LogP contribution in [-0.4, -0.2) is 22.9 Å². The molecular weight excluding hydrogens is 258 g/mol. The van der Waals surface area contributed by atoms with Crippen molar-refractivity contribution in [1.82, 2.24) is 10.1 Å². The summed E-state index contributed by atoms with van der Waals surface area (Å²) in [6.07, 6.45) is 4.01. The maximum atomic E-state index is 5.51. The van der Waals surface area contributed by atoms with E-state index in [1.165, 1.54) is 4.90 Å². The highest BCUT2D eigenvalue weighted by Gasteiger charge is 2.14. The van der Waals surface area contributed by atoms with Crippen molar-refractivity contribution in [1.29, 1.82) is 0 Å². The lowest BCUT2D eigenvalue weighted by molar-refractivity contribution is 0.352. The van der Waals surface area contributed by atoms with Crippen molar-refractivity contribution in [3.63, 3.8) is 0 Å². The lowest BCUT2D eigenvalue weighted by Crippen LogP contribution is -2.02. The van der Waals surface area contributed by atoms with Crippen LogP contribution < -0.4 is 5.73 Å². The highest BCUT2D eigenvalue weighted by molar-refractivity contribution is 7.98. The SMILES string of the molecule is CSc1ccc(-c2noc(C(C)CCCN)n2)cc1. The highest BCUT2D eigenvalue weighted by atomic mass is 32.2. The van der Waals surface area contributed by atoms with E-state index in [-0.39, 0.29) is 5.92 Å². The Morgan fingerprint density at radius 2 is 2.05 bits per heavy atom. The molecule has 102 valence electrons. The minimum Gasteiger partial charge on any atom is -0.339 e. The molecule has 0 bridgehead atoms. The van der Waals surface area contributed by atoms with E-state index >= 15 is 0 Å². The number of thioether (sulfide) groups is 1. The molecule has 19 heavy (non-hydrogen) atoms. The number of hydrogen-bond acceptors (Lipinski definition) is 5. The molecular formula is C14H19N3OS.